The van der Waals surface area contributed by atoms with E-state index in [1.165, 1.54) is 48.2 Å². The first-order valence-corrected chi connectivity index (χ1v) is 7.97. The Bertz CT molecular complexity index is 579. The van der Waals surface area contributed by atoms with Crippen molar-refractivity contribution in [2.45, 2.75) is 25.9 Å². The molecular formula is C19H22N2. The summed E-state index contributed by atoms with van der Waals surface area (Å²) in [6.45, 7) is 5.69. The Morgan fingerprint density at radius 3 is 1.52 bits per heavy atom. The first-order valence-electron chi connectivity index (χ1n) is 7.97. The molecule has 0 aromatic heterocycles. The molecule has 2 nitrogen and oxygen atoms in total. The first kappa shape index (κ1) is 13.1. The van der Waals surface area contributed by atoms with Crippen molar-refractivity contribution in [1.82, 2.24) is 9.80 Å². The Balaban J connectivity index is 1.42. The zero-order valence-electron chi connectivity index (χ0n) is 12.5. The highest BCUT2D eigenvalue weighted by Gasteiger charge is 2.21. The van der Waals surface area contributed by atoms with E-state index in [2.05, 4.69) is 58.3 Å². The molecule has 4 rings (SSSR count). The van der Waals surface area contributed by atoms with Gasteiger partial charge in [-0.1, -0.05) is 48.5 Å². The summed E-state index contributed by atoms with van der Waals surface area (Å²) in [4.78, 5) is 5.19. The highest BCUT2D eigenvalue weighted by molar-refractivity contribution is 5.30. The largest absolute Gasteiger partial charge is 0.286 e. The second-order valence-corrected chi connectivity index (χ2v) is 6.28. The minimum absolute atomic E-state index is 1.10. The van der Waals surface area contributed by atoms with Crippen LogP contribution in [-0.4, -0.2) is 29.6 Å². The molecule has 2 aliphatic heterocycles. The lowest BCUT2D eigenvalue weighted by atomic mass is 9.99. The van der Waals surface area contributed by atoms with E-state index >= 15 is 0 Å². The quantitative estimate of drug-likeness (QED) is 0.833. The zero-order valence-corrected chi connectivity index (χ0v) is 12.5. The second-order valence-electron chi connectivity index (χ2n) is 6.28. The van der Waals surface area contributed by atoms with E-state index in [1.807, 2.05) is 0 Å². The highest BCUT2D eigenvalue weighted by Crippen LogP contribution is 2.22. The molecule has 2 aromatic rings. The van der Waals surface area contributed by atoms with Gasteiger partial charge in [-0.05, 0) is 35.1 Å². The normalized spacial score (nSPS) is 19.0. The zero-order chi connectivity index (χ0) is 14.1. The van der Waals surface area contributed by atoms with Crippen LogP contribution in [0.5, 0.6) is 0 Å². The second kappa shape index (κ2) is 5.63. The number of hydrogen-bond donors (Lipinski definition) is 0. The van der Waals surface area contributed by atoms with Gasteiger partial charge in [-0.3, -0.25) is 9.80 Å². The minimum Gasteiger partial charge on any atom is -0.286 e. The third-order valence-electron chi connectivity index (χ3n) is 4.82. The van der Waals surface area contributed by atoms with Crippen LogP contribution in [0.2, 0.25) is 0 Å². The maximum atomic E-state index is 2.59. The molecule has 0 amide bonds. The van der Waals surface area contributed by atoms with Crippen LogP contribution in [0.25, 0.3) is 0 Å². The number of hydrogen-bond acceptors (Lipinski definition) is 2. The van der Waals surface area contributed by atoms with Crippen LogP contribution < -0.4 is 0 Å². The summed E-state index contributed by atoms with van der Waals surface area (Å²) in [6, 6.07) is 17.8. The van der Waals surface area contributed by atoms with Crippen LogP contribution in [0.1, 0.15) is 22.3 Å². The topological polar surface area (TPSA) is 6.48 Å². The fourth-order valence-electron chi connectivity index (χ4n) is 3.63. The van der Waals surface area contributed by atoms with Gasteiger partial charge in [-0.15, -0.1) is 0 Å². The Labute approximate surface area is 127 Å². The van der Waals surface area contributed by atoms with Crippen molar-refractivity contribution in [2.75, 3.05) is 19.8 Å². The Morgan fingerprint density at radius 1 is 0.619 bits per heavy atom. The van der Waals surface area contributed by atoms with Gasteiger partial charge < -0.3 is 0 Å². The molecule has 2 heterocycles. The summed E-state index contributed by atoms with van der Waals surface area (Å²) in [5.74, 6) is 0. The first-order chi connectivity index (χ1) is 10.4. The van der Waals surface area contributed by atoms with Gasteiger partial charge in [-0.2, -0.15) is 0 Å². The van der Waals surface area contributed by atoms with Crippen molar-refractivity contribution in [2.24, 2.45) is 0 Å². The molecule has 0 saturated carbocycles. The molecule has 0 N–H and O–H groups in total. The predicted molar refractivity (Wildman–Crippen MR) is 86.0 cm³/mol. The van der Waals surface area contributed by atoms with Crippen molar-refractivity contribution >= 4 is 0 Å². The molecule has 0 atom stereocenters. The molecule has 2 aliphatic rings. The Kier molecular flexibility index (Phi) is 3.50. The van der Waals surface area contributed by atoms with Gasteiger partial charge in [-0.25, -0.2) is 0 Å². The summed E-state index contributed by atoms with van der Waals surface area (Å²) in [5.41, 5.74) is 6.11. The summed E-state index contributed by atoms with van der Waals surface area (Å²) in [6.07, 6.45) is 2.39. The van der Waals surface area contributed by atoms with Gasteiger partial charge in [0.2, 0.25) is 0 Å². The number of benzene rings is 2. The monoisotopic (exact) mass is 278 g/mol. The van der Waals surface area contributed by atoms with E-state index in [9.17, 15) is 0 Å². The highest BCUT2D eigenvalue weighted by atomic mass is 15.3. The summed E-state index contributed by atoms with van der Waals surface area (Å²) >= 11 is 0. The van der Waals surface area contributed by atoms with Gasteiger partial charge in [0, 0.05) is 26.2 Å². The van der Waals surface area contributed by atoms with E-state index in [1.54, 1.807) is 0 Å². The van der Waals surface area contributed by atoms with Crippen LogP contribution in [0, 0.1) is 0 Å². The van der Waals surface area contributed by atoms with Crippen LogP contribution in [0.15, 0.2) is 48.5 Å². The van der Waals surface area contributed by atoms with Crippen LogP contribution in [0.4, 0.5) is 0 Å². The van der Waals surface area contributed by atoms with Crippen LogP contribution in [0.3, 0.4) is 0 Å². The van der Waals surface area contributed by atoms with Crippen molar-refractivity contribution < 1.29 is 0 Å². The number of rotatable bonds is 2. The average molecular weight is 278 g/mol. The molecule has 2 heteroatoms. The van der Waals surface area contributed by atoms with Gasteiger partial charge in [0.05, 0.1) is 6.67 Å². The summed E-state index contributed by atoms with van der Waals surface area (Å²) in [5, 5.41) is 0. The molecule has 21 heavy (non-hydrogen) atoms. The van der Waals surface area contributed by atoms with Crippen molar-refractivity contribution in [3.05, 3.63) is 70.8 Å². The molecule has 0 spiro atoms. The molecule has 0 saturated heterocycles. The third kappa shape index (κ3) is 2.74. The molecule has 0 bridgehead atoms. The molecule has 2 aromatic carbocycles. The predicted octanol–water partition coefficient (Wildman–Crippen LogP) is 3.06. The number of nitrogens with zero attached hydrogens (tertiary/aromatic N) is 2. The van der Waals surface area contributed by atoms with E-state index < -0.39 is 0 Å². The maximum absolute atomic E-state index is 2.59. The van der Waals surface area contributed by atoms with Gasteiger partial charge in [0.1, 0.15) is 0 Å². The SMILES string of the molecule is c1ccc2c(c1)CCN(CN1CCc3ccccc3C1)C2. The standard InChI is InChI=1S/C19H22N2/c1-3-7-18-13-20(11-9-16(18)5-1)15-21-12-10-17-6-2-4-8-19(17)14-21/h1-8H,9-15H2. The van der Waals surface area contributed by atoms with E-state index in [4.69, 9.17) is 0 Å². The molecule has 0 unspecified atom stereocenters. The minimum atomic E-state index is 1.10. The molecular weight excluding hydrogens is 256 g/mol. The summed E-state index contributed by atoms with van der Waals surface area (Å²) < 4.78 is 0. The van der Waals surface area contributed by atoms with Gasteiger partial charge in [0.25, 0.3) is 0 Å². The van der Waals surface area contributed by atoms with Gasteiger partial charge >= 0.3 is 0 Å². The Hall–Kier alpha value is -1.64. The lowest BCUT2D eigenvalue weighted by Crippen LogP contribution is -2.42. The van der Waals surface area contributed by atoms with Crippen LogP contribution >= 0.6 is 0 Å². The molecule has 0 aliphatic carbocycles. The maximum Gasteiger partial charge on any atom is 0.0513 e. The average Bonchev–Trinajstić information content (AvgIpc) is 2.55. The van der Waals surface area contributed by atoms with E-state index in [-0.39, 0.29) is 0 Å². The van der Waals surface area contributed by atoms with Crippen molar-refractivity contribution in [1.29, 1.82) is 0 Å². The summed E-state index contributed by atoms with van der Waals surface area (Å²) in [7, 11) is 0. The molecule has 0 fully saturated rings. The lowest BCUT2D eigenvalue weighted by Gasteiger charge is -2.36. The van der Waals surface area contributed by atoms with E-state index in [0.717, 1.165) is 19.8 Å². The lowest BCUT2D eigenvalue weighted by molar-refractivity contribution is 0.110. The van der Waals surface area contributed by atoms with Crippen molar-refractivity contribution in [3.8, 4) is 0 Å². The molecule has 108 valence electrons. The Morgan fingerprint density at radius 2 is 1.05 bits per heavy atom. The van der Waals surface area contributed by atoms with Gasteiger partial charge in [0.15, 0.2) is 0 Å². The van der Waals surface area contributed by atoms with E-state index in [0.29, 0.717) is 0 Å². The van der Waals surface area contributed by atoms with Crippen molar-refractivity contribution in [3.63, 3.8) is 0 Å². The smallest absolute Gasteiger partial charge is 0.0513 e. The third-order valence-corrected chi connectivity index (χ3v) is 4.82. The molecule has 0 radical (unpaired) electrons. The number of fused-ring (bicyclic) bond motifs is 2. The van der Waals surface area contributed by atoms with Crippen LogP contribution in [-0.2, 0) is 25.9 Å². The fraction of sp³-hybridized carbons (Fsp3) is 0.368. The fourth-order valence-corrected chi connectivity index (χ4v) is 3.63.